The normalized spacial score (nSPS) is 16.6. The molecule has 2 heteroatoms. The van der Waals surface area contributed by atoms with Crippen LogP contribution in [0.2, 0.25) is 0 Å². The number of rotatable bonds is 2. The van der Waals surface area contributed by atoms with Crippen molar-refractivity contribution in [3.05, 3.63) is 42.0 Å². The molecule has 2 aromatic carbocycles. The average Bonchev–Trinajstić information content (AvgIpc) is 2.47. The van der Waals surface area contributed by atoms with Gasteiger partial charge in [-0.2, -0.15) is 0 Å². The molecule has 0 heterocycles. The molecule has 0 spiro atoms. The molecule has 2 N–H and O–H groups in total. The van der Waals surface area contributed by atoms with Crippen LogP contribution in [-0.2, 0) is 0 Å². The summed E-state index contributed by atoms with van der Waals surface area (Å²) in [6.45, 7) is 0. The molecule has 0 saturated heterocycles. The lowest BCUT2D eigenvalue weighted by atomic mass is 9.83. The molecule has 2 nitrogen and oxygen atoms in total. The third kappa shape index (κ3) is 2.35. The summed E-state index contributed by atoms with van der Waals surface area (Å²) in [5, 5.41) is 2.19. The van der Waals surface area contributed by atoms with Crippen LogP contribution in [0, 0.1) is 5.92 Å². The Kier molecular flexibility index (Phi) is 3.24. The van der Waals surface area contributed by atoms with Gasteiger partial charge in [0.05, 0.1) is 0 Å². The molecule has 3 rings (SSSR count). The van der Waals surface area contributed by atoms with Crippen LogP contribution in [0.3, 0.4) is 0 Å². The number of hydrogen-bond donors (Lipinski definition) is 1. The maximum absolute atomic E-state index is 12.6. The third-order valence-electron chi connectivity index (χ3n) is 4.16. The first-order valence-corrected chi connectivity index (χ1v) is 7.08. The van der Waals surface area contributed by atoms with Crippen molar-refractivity contribution in [1.29, 1.82) is 0 Å². The molecule has 0 atom stereocenters. The van der Waals surface area contributed by atoms with Gasteiger partial charge in [0.15, 0.2) is 5.78 Å². The van der Waals surface area contributed by atoms with E-state index < -0.39 is 0 Å². The Hall–Kier alpha value is -1.83. The molecule has 2 aromatic rings. The fraction of sp³-hybridized carbons (Fsp3) is 0.353. The maximum Gasteiger partial charge on any atom is 0.168 e. The molecule has 0 aromatic heterocycles. The van der Waals surface area contributed by atoms with E-state index in [1.54, 1.807) is 0 Å². The van der Waals surface area contributed by atoms with E-state index in [2.05, 4.69) is 0 Å². The molecular weight excluding hydrogens is 234 g/mol. The average molecular weight is 253 g/mol. The first-order valence-electron chi connectivity index (χ1n) is 7.08. The molecule has 1 aliphatic carbocycles. The van der Waals surface area contributed by atoms with Gasteiger partial charge < -0.3 is 5.73 Å². The second-order valence-electron chi connectivity index (χ2n) is 5.49. The Balaban J connectivity index is 1.99. The molecule has 0 bridgehead atoms. The van der Waals surface area contributed by atoms with Gasteiger partial charge in [0.2, 0.25) is 0 Å². The van der Waals surface area contributed by atoms with E-state index in [0.29, 0.717) is 11.3 Å². The molecule has 98 valence electrons. The second kappa shape index (κ2) is 5.04. The van der Waals surface area contributed by atoms with Gasteiger partial charge in [-0.05, 0) is 35.7 Å². The SMILES string of the molecule is Nc1cc2ccccc2cc1C(=O)C1CCCCC1. The van der Waals surface area contributed by atoms with Crippen LogP contribution in [0.4, 0.5) is 5.69 Å². The Morgan fingerprint density at radius 2 is 1.63 bits per heavy atom. The monoisotopic (exact) mass is 253 g/mol. The zero-order chi connectivity index (χ0) is 13.2. The van der Waals surface area contributed by atoms with E-state index in [1.807, 2.05) is 36.4 Å². The fourth-order valence-electron chi connectivity index (χ4n) is 3.06. The van der Waals surface area contributed by atoms with Gasteiger partial charge in [-0.3, -0.25) is 4.79 Å². The zero-order valence-corrected chi connectivity index (χ0v) is 11.1. The number of benzene rings is 2. The topological polar surface area (TPSA) is 43.1 Å². The molecule has 1 saturated carbocycles. The summed E-state index contributed by atoms with van der Waals surface area (Å²) in [6.07, 6.45) is 5.64. The van der Waals surface area contributed by atoms with Crippen LogP contribution in [0.5, 0.6) is 0 Å². The summed E-state index contributed by atoms with van der Waals surface area (Å²) in [4.78, 5) is 12.6. The van der Waals surface area contributed by atoms with Crippen LogP contribution in [-0.4, -0.2) is 5.78 Å². The largest absolute Gasteiger partial charge is 0.398 e. The van der Waals surface area contributed by atoms with E-state index in [0.717, 1.165) is 23.6 Å². The molecule has 0 amide bonds. The van der Waals surface area contributed by atoms with E-state index >= 15 is 0 Å². The molecule has 1 aliphatic rings. The van der Waals surface area contributed by atoms with E-state index in [4.69, 9.17) is 5.73 Å². The van der Waals surface area contributed by atoms with Crippen molar-refractivity contribution in [2.75, 3.05) is 5.73 Å². The number of ketones is 1. The minimum Gasteiger partial charge on any atom is -0.398 e. The fourth-order valence-corrected chi connectivity index (χ4v) is 3.06. The number of nitrogens with two attached hydrogens (primary N) is 1. The Morgan fingerprint density at radius 3 is 2.32 bits per heavy atom. The maximum atomic E-state index is 12.6. The highest BCUT2D eigenvalue weighted by molar-refractivity contribution is 6.06. The highest BCUT2D eigenvalue weighted by Crippen LogP contribution is 2.30. The lowest BCUT2D eigenvalue weighted by Gasteiger charge is -2.21. The summed E-state index contributed by atoms with van der Waals surface area (Å²) < 4.78 is 0. The number of Topliss-reactive ketones (excluding diaryl/α,β-unsaturated/α-hetero) is 1. The van der Waals surface area contributed by atoms with Crippen molar-refractivity contribution in [3.8, 4) is 0 Å². The van der Waals surface area contributed by atoms with Crippen molar-refractivity contribution in [1.82, 2.24) is 0 Å². The van der Waals surface area contributed by atoms with Crippen molar-refractivity contribution in [3.63, 3.8) is 0 Å². The van der Waals surface area contributed by atoms with Crippen LogP contribution in [0.15, 0.2) is 36.4 Å². The molecule has 0 aliphatic heterocycles. The van der Waals surface area contributed by atoms with Crippen LogP contribution in [0.25, 0.3) is 10.8 Å². The van der Waals surface area contributed by atoms with Crippen molar-refractivity contribution < 1.29 is 4.79 Å². The van der Waals surface area contributed by atoms with Crippen molar-refractivity contribution >= 4 is 22.2 Å². The van der Waals surface area contributed by atoms with Gasteiger partial charge in [-0.1, -0.05) is 43.5 Å². The number of carbonyl (C=O) groups is 1. The molecule has 1 fully saturated rings. The number of nitrogen functional groups attached to an aromatic ring is 1. The van der Waals surface area contributed by atoms with E-state index in [1.165, 1.54) is 19.3 Å². The molecule has 0 unspecified atom stereocenters. The van der Waals surface area contributed by atoms with Gasteiger partial charge in [0.1, 0.15) is 0 Å². The molecule has 0 radical (unpaired) electrons. The Morgan fingerprint density at radius 1 is 1.00 bits per heavy atom. The standard InChI is InChI=1S/C17H19NO/c18-16-11-14-9-5-4-8-13(14)10-15(16)17(19)12-6-2-1-3-7-12/h4-5,8-12H,1-3,6-7,18H2. The predicted octanol–water partition coefficient (Wildman–Crippen LogP) is 4.19. The third-order valence-corrected chi connectivity index (χ3v) is 4.16. The number of hydrogen-bond acceptors (Lipinski definition) is 2. The highest BCUT2D eigenvalue weighted by atomic mass is 16.1. The summed E-state index contributed by atoms with van der Waals surface area (Å²) in [7, 11) is 0. The van der Waals surface area contributed by atoms with Crippen molar-refractivity contribution in [2.45, 2.75) is 32.1 Å². The quantitative estimate of drug-likeness (QED) is 0.644. The van der Waals surface area contributed by atoms with Gasteiger partial charge in [0, 0.05) is 17.2 Å². The summed E-state index contributed by atoms with van der Waals surface area (Å²) in [6, 6.07) is 11.9. The van der Waals surface area contributed by atoms with Crippen LogP contribution in [0.1, 0.15) is 42.5 Å². The van der Waals surface area contributed by atoms with Crippen LogP contribution < -0.4 is 5.73 Å². The minimum atomic E-state index is 0.178. The van der Waals surface area contributed by atoms with Gasteiger partial charge in [-0.15, -0.1) is 0 Å². The minimum absolute atomic E-state index is 0.178. The second-order valence-corrected chi connectivity index (χ2v) is 5.49. The lowest BCUT2D eigenvalue weighted by Crippen LogP contribution is -2.19. The highest BCUT2D eigenvalue weighted by Gasteiger charge is 2.23. The number of carbonyl (C=O) groups excluding carboxylic acids is 1. The summed E-state index contributed by atoms with van der Waals surface area (Å²) in [5.41, 5.74) is 7.41. The lowest BCUT2D eigenvalue weighted by molar-refractivity contribution is 0.0890. The number of fused-ring (bicyclic) bond motifs is 1. The van der Waals surface area contributed by atoms with E-state index in [-0.39, 0.29) is 11.7 Å². The van der Waals surface area contributed by atoms with Gasteiger partial charge in [0.25, 0.3) is 0 Å². The first kappa shape index (κ1) is 12.2. The Labute approximate surface area is 113 Å². The van der Waals surface area contributed by atoms with Gasteiger partial charge >= 0.3 is 0 Å². The summed E-state index contributed by atoms with van der Waals surface area (Å²) >= 11 is 0. The molecular formula is C17H19NO. The predicted molar refractivity (Wildman–Crippen MR) is 79.3 cm³/mol. The van der Waals surface area contributed by atoms with Crippen molar-refractivity contribution in [2.24, 2.45) is 5.92 Å². The smallest absolute Gasteiger partial charge is 0.168 e. The Bertz CT molecular complexity index is 612. The zero-order valence-electron chi connectivity index (χ0n) is 11.1. The van der Waals surface area contributed by atoms with Crippen LogP contribution >= 0.6 is 0 Å². The summed E-state index contributed by atoms with van der Waals surface area (Å²) in [5.74, 6) is 0.417. The first-order chi connectivity index (χ1) is 9.25. The molecule has 19 heavy (non-hydrogen) atoms. The van der Waals surface area contributed by atoms with Gasteiger partial charge in [-0.25, -0.2) is 0 Å². The van der Waals surface area contributed by atoms with E-state index in [9.17, 15) is 4.79 Å². The number of anilines is 1.